The number of nitrogens with one attached hydrogen (secondary N) is 2. The molecule has 2 aromatic rings. The van der Waals surface area contributed by atoms with Crippen LogP contribution in [0.25, 0.3) is 0 Å². The maximum Gasteiger partial charge on any atom is 0.337 e. The summed E-state index contributed by atoms with van der Waals surface area (Å²) >= 11 is 12.2. The summed E-state index contributed by atoms with van der Waals surface area (Å²) in [7, 11) is 2.75. The van der Waals surface area contributed by atoms with Crippen LogP contribution < -0.4 is 15.4 Å². The van der Waals surface area contributed by atoms with E-state index in [1.807, 2.05) is 0 Å². The van der Waals surface area contributed by atoms with Crippen LogP contribution in [0.2, 0.25) is 5.02 Å². The SMILES string of the molecule is C/C=C(Cl)\C=C(\F)C(=C(C)C)[C@@]1(C#N)[C@H](CC(C)(C)C)NC[C@@H]1c1cccc(Cl)c1F.COC(=O)c1ccc(NC=O)c(OC)c1. The van der Waals surface area contributed by atoms with Crippen molar-refractivity contribution in [2.45, 2.75) is 59.9 Å². The summed E-state index contributed by atoms with van der Waals surface area (Å²) in [5.74, 6) is -1.83. The lowest BCUT2D eigenvalue weighted by atomic mass is 9.62. The fourth-order valence-electron chi connectivity index (χ4n) is 5.62. The predicted molar refractivity (Wildman–Crippen MR) is 179 cm³/mol. The minimum atomic E-state index is -1.34. The number of allylic oxidation sites excluding steroid dienone is 5. The normalized spacial score (nSPS) is 19.7. The lowest BCUT2D eigenvalue weighted by Gasteiger charge is -2.39. The Morgan fingerprint density at radius 2 is 1.91 bits per heavy atom. The van der Waals surface area contributed by atoms with Gasteiger partial charge in [0.05, 0.1) is 36.6 Å². The van der Waals surface area contributed by atoms with E-state index < -0.39 is 35.0 Å². The zero-order chi connectivity index (χ0) is 34.8. The molecule has 1 aliphatic heterocycles. The molecule has 2 aromatic carbocycles. The molecule has 3 rings (SSSR count). The molecular formula is C35H41Cl2F2N3O4. The minimum absolute atomic E-state index is 0.0182. The van der Waals surface area contributed by atoms with E-state index in [0.29, 0.717) is 47.5 Å². The van der Waals surface area contributed by atoms with Crippen molar-refractivity contribution < 1.29 is 27.8 Å². The Hall–Kier alpha value is -3.71. The van der Waals surface area contributed by atoms with Crippen LogP contribution in [-0.2, 0) is 9.53 Å². The van der Waals surface area contributed by atoms with Crippen molar-refractivity contribution in [2.24, 2.45) is 10.8 Å². The number of nitrogens with zero attached hydrogens (tertiary/aromatic N) is 1. The van der Waals surface area contributed by atoms with Gasteiger partial charge in [-0.25, -0.2) is 13.6 Å². The van der Waals surface area contributed by atoms with Crippen molar-refractivity contribution in [3.8, 4) is 11.8 Å². The Balaban J connectivity index is 0.000000410. The second-order valence-electron chi connectivity index (χ2n) is 12.1. The van der Waals surface area contributed by atoms with Gasteiger partial charge in [-0.15, -0.1) is 0 Å². The van der Waals surface area contributed by atoms with Gasteiger partial charge in [-0.05, 0) is 68.5 Å². The number of rotatable bonds is 9. The molecule has 0 unspecified atom stereocenters. The number of benzene rings is 2. The zero-order valence-corrected chi connectivity index (χ0v) is 28.9. The summed E-state index contributed by atoms with van der Waals surface area (Å²) in [5, 5.41) is 16.7. The number of methoxy groups -OCH3 is 2. The van der Waals surface area contributed by atoms with Crippen LogP contribution in [0.1, 0.15) is 69.8 Å². The van der Waals surface area contributed by atoms with Crippen molar-refractivity contribution in [2.75, 3.05) is 26.1 Å². The number of anilines is 1. The number of halogens is 4. The van der Waals surface area contributed by atoms with Gasteiger partial charge >= 0.3 is 5.97 Å². The van der Waals surface area contributed by atoms with Crippen LogP contribution in [0.15, 0.2) is 70.6 Å². The van der Waals surface area contributed by atoms with Crippen LogP contribution in [0.4, 0.5) is 14.5 Å². The number of carbonyl (C=O) groups excluding carboxylic acids is 2. The zero-order valence-electron chi connectivity index (χ0n) is 27.4. The van der Waals surface area contributed by atoms with Gasteiger partial charge < -0.3 is 20.1 Å². The van der Waals surface area contributed by atoms with Crippen molar-refractivity contribution in [3.63, 3.8) is 0 Å². The smallest absolute Gasteiger partial charge is 0.337 e. The van der Waals surface area contributed by atoms with Crippen LogP contribution >= 0.6 is 23.2 Å². The third-order valence-electron chi connectivity index (χ3n) is 7.56. The molecule has 1 heterocycles. The third-order valence-corrected chi connectivity index (χ3v) is 8.18. The molecular weight excluding hydrogens is 635 g/mol. The maximum atomic E-state index is 15.7. The number of nitriles is 1. The van der Waals surface area contributed by atoms with Crippen LogP contribution in [0.3, 0.4) is 0 Å². The van der Waals surface area contributed by atoms with Gasteiger partial charge in [0, 0.05) is 29.1 Å². The van der Waals surface area contributed by atoms with E-state index in [9.17, 15) is 14.9 Å². The molecule has 0 radical (unpaired) electrons. The fraction of sp³-hybridized carbons (Fsp3) is 0.400. The van der Waals surface area contributed by atoms with Crippen LogP contribution in [-0.4, -0.2) is 39.2 Å². The first-order valence-electron chi connectivity index (χ1n) is 14.5. The van der Waals surface area contributed by atoms with E-state index in [1.165, 1.54) is 32.4 Å². The van der Waals surface area contributed by atoms with Crippen LogP contribution in [0, 0.1) is 28.0 Å². The summed E-state index contributed by atoms with van der Waals surface area (Å²) in [5.41, 5.74) is 0.579. The Morgan fingerprint density at radius 3 is 2.43 bits per heavy atom. The first kappa shape index (κ1) is 38.5. The number of hydrogen-bond acceptors (Lipinski definition) is 6. The van der Waals surface area contributed by atoms with E-state index in [-0.39, 0.29) is 21.0 Å². The van der Waals surface area contributed by atoms with Crippen molar-refractivity contribution >= 4 is 41.3 Å². The molecule has 7 nitrogen and oxygen atoms in total. The fourth-order valence-corrected chi connectivity index (χ4v) is 5.90. The molecule has 1 fully saturated rings. The summed E-state index contributed by atoms with van der Waals surface area (Å²) in [4.78, 5) is 21.4. The average molecular weight is 677 g/mol. The van der Waals surface area contributed by atoms with E-state index in [4.69, 9.17) is 27.9 Å². The molecule has 1 aliphatic rings. The summed E-state index contributed by atoms with van der Waals surface area (Å²) in [6.07, 6.45) is 3.94. The second-order valence-corrected chi connectivity index (χ2v) is 13.0. The van der Waals surface area contributed by atoms with Gasteiger partial charge in [-0.1, -0.05) is 67.8 Å². The van der Waals surface area contributed by atoms with Gasteiger partial charge in [0.25, 0.3) is 0 Å². The largest absolute Gasteiger partial charge is 0.495 e. The molecule has 0 saturated carbocycles. The van der Waals surface area contributed by atoms with Gasteiger partial charge in [0.15, 0.2) is 0 Å². The van der Waals surface area contributed by atoms with E-state index >= 15 is 8.78 Å². The average Bonchev–Trinajstić information content (AvgIpc) is 3.34. The standard InChI is InChI=1S/C25H30Cl2F2N2.C10H11NO4/c1-7-16(26)11-20(28)22(15(2)3)25(14-30)18(13-31-21(25)12-24(4,5)6)17-9-8-10-19(27)23(17)29;1-14-9-5-7(10(13)15-2)3-4-8(9)11-6-12/h7-11,18,21,31H,12-13H2,1-6H3;3-6H,1-2H3,(H,11,12)/b16-7+,20-11+;/t18-,21+,25-;/m1./s1. The highest BCUT2D eigenvalue weighted by Gasteiger charge is 2.56. The second kappa shape index (κ2) is 16.7. The number of ether oxygens (including phenoxy) is 2. The number of carbonyl (C=O) groups is 2. The summed E-state index contributed by atoms with van der Waals surface area (Å²) < 4.78 is 40.4. The molecule has 2 N–H and O–H groups in total. The Bertz CT molecular complexity index is 1560. The summed E-state index contributed by atoms with van der Waals surface area (Å²) in [6.45, 7) is 11.8. The Kier molecular flexibility index (Phi) is 14.0. The highest BCUT2D eigenvalue weighted by atomic mass is 35.5. The van der Waals surface area contributed by atoms with Gasteiger partial charge in [-0.3, -0.25) is 4.79 Å². The van der Waals surface area contributed by atoms with Crippen molar-refractivity contribution in [1.82, 2.24) is 5.32 Å². The molecule has 0 spiro atoms. The topological polar surface area (TPSA) is 100 Å². The Labute approximate surface area is 280 Å². The van der Waals surface area contributed by atoms with E-state index in [1.54, 1.807) is 51.1 Å². The highest BCUT2D eigenvalue weighted by Crippen LogP contribution is 2.54. The van der Waals surface area contributed by atoms with Gasteiger partial charge in [0.2, 0.25) is 6.41 Å². The van der Waals surface area contributed by atoms with E-state index in [2.05, 4.69) is 42.2 Å². The first-order valence-corrected chi connectivity index (χ1v) is 15.3. The first-order chi connectivity index (χ1) is 21.6. The van der Waals surface area contributed by atoms with E-state index in [0.717, 1.165) is 0 Å². The van der Waals surface area contributed by atoms with Crippen molar-refractivity contribution in [1.29, 1.82) is 5.26 Å². The maximum absolute atomic E-state index is 15.7. The molecule has 1 saturated heterocycles. The predicted octanol–water partition coefficient (Wildman–Crippen LogP) is 8.86. The number of amides is 1. The molecule has 0 bridgehead atoms. The van der Waals surface area contributed by atoms with Gasteiger partial charge in [0.1, 0.15) is 22.8 Å². The lowest BCUT2D eigenvalue weighted by molar-refractivity contribution is -0.105. The molecule has 0 aliphatic carbocycles. The molecule has 3 atom stereocenters. The molecule has 46 heavy (non-hydrogen) atoms. The van der Waals surface area contributed by atoms with Crippen molar-refractivity contribution in [3.05, 3.63) is 92.5 Å². The third kappa shape index (κ3) is 8.97. The monoisotopic (exact) mass is 675 g/mol. The molecule has 248 valence electrons. The number of esters is 1. The Morgan fingerprint density at radius 1 is 1.24 bits per heavy atom. The lowest BCUT2D eigenvalue weighted by Crippen LogP contribution is -2.42. The minimum Gasteiger partial charge on any atom is -0.495 e. The number of hydrogen-bond donors (Lipinski definition) is 2. The molecule has 0 aromatic heterocycles. The quantitative estimate of drug-likeness (QED) is 0.156. The van der Waals surface area contributed by atoms with Gasteiger partial charge in [-0.2, -0.15) is 5.26 Å². The van der Waals surface area contributed by atoms with Crippen LogP contribution in [0.5, 0.6) is 5.75 Å². The highest BCUT2D eigenvalue weighted by molar-refractivity contribution is 6.31. The summed E-state index contributed by atoms with van der Waals surface area (Å²) in [6, 6.07) is 11.4. The molecule has 11 heteroatoms. The molecule has 1 amide bonds.